The van der Waals surface area contributed by atoms with Crippen LogP contribution in [0.2, 0.25) is 0 Å². The van der Waals surface area contributed by atoms with Crippen molar-refractivity contribution in [1.29, 1.82) is 0 Å². The Morgan fingerprint density at radius 2 is 2.00 bits per heavy atom. The Hall–Kier alpha value is -3.76. The molecule has 0 aliphatic carbocycles. The first-order valence-corrected chi connectivity index (χ1v) is 7.95. The molecular formula is C16H17N7O4. The third-order valence-electron chi connectivity index (χ3n) is 3.66. The van der Waals surface area contributed by atoms with Gasteiger partial charge in [-0.3, -0.25) is 24.9 Å². The van der Waals surface area contributed by atoms with Crippen molar-refractivity contribution in [3.63, 3.8) is 0 Å². The van der Waals surface area contributed by atoms with Gasteiger partial charge in [-0.2, -0.15) is 0 Å². The molecule has 0 spiro atoms. The van der Waals surface area contributed by atoms with Crippen molar-refractivity contribution >= 4 is 17.5 Å². The van der Waals surface area contributed by atoms with Gasteiger partial charge >= 0.3 is 11.6 Å². The number of hydrogen-bond donors (Lipinski definition) is 1. The summed E-state index contributed by atoms with van der Waals surface area (Å²) in [5.41, 5.74) is 1.91. The van der Waals surface area contributed by atoms with E-state index in [2.05, 4.69) is 20.5 Å². The second-order valence-electron chi connectivity index (χ2n) is 5.78. The van der Waals surface area contributed by atoms with Gasteiger partial charge in [0.1, 0.15) is 19.1 Å². The zero-order valence-electron chi connectivity index (χ0n) is 14.7. The molecule has 11 nitrogen and oxygen atoms in total. The fourth-order valence-corrected chi connectivity index (χ4v) is 2.36. The molecule has 0 radical (unpaired) electrons. The van der Waals surface area contributed by atoms with Crippen LogP contribution in [0.25, 0.3) is 0 Å². The second-order valence-corrected chi connectivity index (χ2v) is 5.78. The SMILES string of the molecule is COc1nn(CC(=O)Nc2ncn(Cc3ccc(C)cc3)n2)cc1[N+](=O)[O-]. The van der Waals surface area contributed by atoms with E-state index in [1.165, 1.54) is 19.0 Å². The topological polar surface area (TPSA) is 130 Å². The fraction of sp³-hybridized carbons (Fsp3) is 0.250. The molecule has 2 aromatic heterocycles. The van der Waals surface area contributed by atoms with Crippen LogP contribution < -0.4 is 10.1 Å². The molecule has 2 heterocycles. The molecule has 3 aromatic rings. The van der Waals surface area contributed by atoms with Crippen LogP contribution >= 0.6 is 0 Å². The van der Waals surface area contributed by atoms with Crippen molar-refractivity contribution in [3.05, 3.63) is 58.0 Å². The molecule has 0 atom stereocenters. The molecule has 0 aliphatic heterocycles. The molecule has 0 fully saturated rings. The molecule has 0 aliphatic rings. The molecule has 27 heavy (non-hydrogen) atoms. The van der Waals surface area contributed by atoms with Gasteiger partial charge in [0.05, 0.1) is 18.6 Å². The summed E-state index contributed by atoms with van der Waals surface area (Å²) in [5.74, 6) is -0.489. The summed E-state index contributed by atoms with van der Waals surface area (Å²) < 4.78 is 7.54. The smallest absolute Gasteiger partial charge is 0.350 e. The Morgan fingerprint density at radius 3 is 2.63 bits per heavy atom. The van der Waals surface area contributed by atoms with Gasteiger partial charge in [0.15, 0.2) is 0 Å². The van der Waals surface area contributed by atoms with Crippen LogP contribution in [-0.2, 0) is 17.9 Å². The van der Waals surface area contributed by atoms with Gasteiger partial charge in [0, 0.05) is 0 Å². The lowest BCUT2D eigenvalue weighted by molar-refractivity contribution is -0.385. The van der Waals surface area contributed by atoms with E-state index in [0.717, 1.165) is 16.4 Å². The maximum atomic E-state index is 12.1. The quantitative estimate of drug-likeness (QED) is 0.490. The maximum absolute atomic E-state index is 12.1. The zero-order chi connectivity index (χ0) is 19.4. The van der Waals surface area contributed by atoms with Crippen LogP contribution in [0.1, 0.15) is 11.1 Å². The molecule has 11 heteroatoms. The van der Waals surface area contributed by atoms with Gasteiger partial charge in [0.25, 0.3) is 0 Å². The Balaban J connectivity index is 1.61. The Kier molecular flexibility index (Phi) is 5.11. The summed E-state index contributed by atoms with van der Waals surface area (Å²) in [4.78, 5) is 26.4. The number of nitro groups is 1. The highest BCUT2D eigenvalue weighted by Crippen LogP contribution is 2.23. The number of carbonyl (C=O) groups is 1. The summed E-state index contributed by atoms with van der Waals surface area (Å²) in [7, 11) is 1.27. The Morgan fingerprint density at radius 1 is 1.26 bits per heavy atom. The van der Waals surface area contributed by atoms with Crippen LogP contribution in [0, 0.1) is 17.0 Å². The van der Waals surface area contributed by atoms with Crippen molar-refractivity contribution < 1.29 is 14.5 Å². The van der Waals surface area contributed by atoms with Crippen LogP contribution in [0.15, 0.2) is 36.8 Å². The first kappa shape index (κ1) is 18.0. The fourth-order valence-electron chi connectivity index (χ4n) is 2.36. The molecule has 0 bridgehead atoms. The summed E-state index contributed by atoms with van der Waals surface area (Å²) in [6.07, 6.45) is 2.64. The average Bonchev–Trinajstić information content (AvgIpc) is 3.23. The van der Waals surface area contributed by atoms with E-state index in [1.807, 2.05) is 31.2 Å². The number of methoxy groups -OCH3 is 1. The molecule has 0 saturated heterocycles. The van der Waals surface area contributed by atoms with E-state index in [4.69, 9.17) is 4.74 Å². The Labute approximate surface area is 153 Å². The number of rotatable bonds is 7. The number of aryl methyl sites for hydroxylation is 1. The number of nitrogens with one attached hydrogen (secondary N) is 1. The van der Waals surface area contributed by atoms with Gasteiger partial charge in [-0.1, -0.05) is 29.8 Å². The minimum Gasteiger partial charge on any atom is -0.475 e. The average molecular weight is 371 g/mol. The first-order valence-electron chi connectivity index (χ1n) is 7.95. The maximum Gasteiger partial charge on any atom is 0.350 e. The van der Waals surface area contributed by atoms with Crippen molar-refractivity contribution in [2.45, 2.75) is 20.0 Å². The van der Waals surface area contributed by atoms with Gasteiger partial charge in [-0.05, 0) is 12.5 Å². The molecule has 1 amide bonds. The van der Waals surface area contributed by atoms with E-state index in [-0.39, 0.29) is 24.1 Å². The third-order valence-corrected chi connectivity index (χ3v) is 3.66. The molecular weight excluding hydrogens is 354 g/mol. The normalized spacial score (nSPS) is 10.6. The monoisotopic (exact) mass is 371 g/mol. The van der Waals surface area contributed by atoms with E-state index in [9.17, 15) is 14.9 Å². The van der Waals surface area contributed by atoms with E-state index < -0.39 is 10.8 Å². The number of benzene rings is 1. The second kappa shape index (κ2) is 7.64. The van der Waals surface area contributed by atoms with Gasteiger partial charge < -0.3 is 4.74 Å². The predicted molar refractivity (Wildman–Crippen MR) is 94.4 cm³/mol. The number of aromatic nitrogens is 5. The lowest BCUT2D eigenvalue weighted by Gasteiger charge is -2.02. The largest absolute Gasteiger partial charge is 0.475 e. The number of carbonyl (C=O) groups excluding carboxylic acids is 1. The zero-order valence-corrected chi connectivity index (χ0v) is 14.7. The van der Waals surface area contributed by atoms with Crippen LogP contribution in [0.5, 0.6) is 5.88 Å². The molecule has 3 rings (SSSR count). The number of anilines is 1. The van der Waals surface area contributed by atoms with Crippen molar-refractivity contribution in [1.82, 2.24) is 24.5 Å². The van der Waals surface area contributed by atoms with Crippen LogP contribution in [0.3, 0.4) is 0 Å². The highest BCUT2D eigenvalue weighted by Gasteiger charge is 2.21. The summed E-state index contributed by atoms with van der Waals surface area (Å²) in [6.45, 7) is 2.29. The Bertz CT molecular complexity index is 962. The van der Waals surface area contributed by atoms with Gasteiger partial charge in [-0.25, -0.2) is 9.67 Å². The van der Waals surface area contributed by atoms with E-state index in [0.29, 0.717) is 6.54 Å². The summed E-state index contributed by atoms with van der Waals surface area (Å²) in [6, 6.07) is 8.00. The minimum absolute atomic E-state index is 0.140. The number of amides is 1. The highest BCUT2D eigenvalue weighted by molar-refractivity contribution is 5.88. The number of ether oxygens (including phenoxy) is 1. The lowest BCUT2D eigenvalue weighted by Crippen LogP contribution is -2.20. The van der Waals surface area contributed by atoms with Gasteiger partial charge in [-0.15, -0.1) is 10.2 Å². The molecule has 140 valence electrons. The highest BCUT2D eigenvalue weighted by atomic mass is 16.6. The van der Waals surface area contributed by atoms with Crippen molar-refractivity contribution in [3.8, 4) is 5.88 Å². The minimum atomic E-state index is -0.630. The standard InChI is InChI=1S/C16H17N7O4/c1-11-3-5-12(6-4-11)7-22-10-17-16(20-22)18-14(24)9-21-8-13(23(25)26)15(19-21)27-2/h3-6,8,10H,7,9H2,1-2H3,(H,18,20,24). The van der Waals surface area contributed by atoms with E-state index in [1.54, 1.807) is 4.68 Å². The van der Waals surface area contributed by atoms with Crippen LogP contribution in [0.4, 0.5) is 11.6 Å². The number of hydrogen-bond acceptors (Lipinski definition) is 7. The molecule has 0 saturated carbocycles. The molecule has 1 aromatic carbocycles. The molecule has 1 N–H and O–H groups in total. The first-order chi connectivity index (χ1) is 12.9. The predicted octanol–water partition coefficient (Wildman–Crippen LogP) is 1.39. The van der Waals surface area contributed by atoms with Crippen molar-refractivity contribution in [2.24, 2.45) is 0 Å². The third kappa shape index (κ3) is 4.45. The molecule has 0 unspecified atom stereocenters. The van der Waals surface area contributed by atoms with Gasteiger partial charge in [0.2, 0.25) is 11.9 Å². The van der Waals surface area contributed by atoms with Crippen molar-refractivity contribution in [2.75, 3.05) is 12.4 Å². The van der Waals surface area contributed by atoms with E-state index >= 15 is 0 Å². The number of nitrogens with zero attached hydrogens (tertiary/aromatic N) is 6. The lowest BCUT2D eigenvalue weighted by atomic mass is 10.1. The summed E-state index contributed by atoms with van der Waals surface area (Å²) in [5, 5.41) is 21.5. The summed E-state index contributed by atoms with van der Waals surface area (Å²) >= 11 is 0. The van der Waals surface area contributed by atoms with Crippen LogP contribution in [-0.4, -0.2) is 42.5 Å².